The van der Waals surface area contributed by atoms with Gasteiger partial charge in [-0.2, -0.15) is 0 Å². The predicted octanol–water partition coefficient (Wildman–Crippen LogP) is 0.349. The van der Waals surface area contributed by atoms with Gasteiger partial charge in [-0.25, -0.2) is 9.18 Å². The summed E-state index contributed by atoms with van der Waals surface area (Å²) in [5.74, 6) is 0. The van der Waals surface area contributed by atoms with Crippen LogP contribution in [0.1, 0.15) is 12.6 Å². The van der Waals surface area contributed by atoms with Crippen LogP contribution in [0.4, 0.5) is 4.39 Å². The van der Waals surface area contributed by atoms with Crippen LogP contribution < -0.4 is 11.2 Å². The Balaban J connectivity index is 2.40. The van der Waals surface area contributed by atoms with Crippen molar-refractivity contribution in [3.05, 3.63) is 55.8 Å². The number of alkyl halides is 1. The molecule has 3 atom stereocenters. The van der Waals surface area contributed by atoms with E-state index in [-0.39, 0.29) is 12.1 Å². The minimum atomic E-state index is -1.66. The van der Waals surface area contributed by atoms with E-state index in [1.165, 1.54) is 0 Å². The van der Waals surface area contributed by atoms with Gasteiger partial charge >= 0.3 is 5.69 Å². The average molecular weight is 297 g/mol. The molecule has 1 aliphatic heterocycles. The lowest BCUT2D eigenvalue weighted by Gasteiger charge is -2.26. The van der Waals surface area contributed by atoms with Crippen LogP contribution in [0.5, 0.6) is 0 Å². The van der Waals surface area contributed by atoms with Crippen LogP contribution in [0.15, 0.2) is 39.2 Å². The summed E-state index contributed by atoms with van der Waals surface area (Å²) in [5, 5.41) is 12.7. The van der Waals surface area contributed by atoms with Crippen molar-refractivity contribution in [3.63, 3.8) is 0 Å². The van der Waals surface area contributed by atoms with Crippen molar-refractivity contribution >= 4 is 0 Å². The van der Waals surface area contributed by atoms with E-state index >= 15 is 0 Å². The van der Waals surface area contributed by atoms with Crippen molar-refractivity contribution in [2.75, 3.05) is 6.61 Å². The van der Waals surface area contributed by atoms with E-state index in [1.54, 1.807) is 0 Å². The fraction of sp³-hybridized carbons (Fsp3) is 0.455. The van der Waals surface area contributed by atoms with Gasteiger partial charge in [0.15, 0.2) is 6.23 Å². The first-order valence-electron chi connectivity index (χ1n) is 5.92. The van der Waals surface area contributed by atoms with Gasteiger partial charge in [0.2, 0.25) is 0 Å². The molecule has 10 heteroatoms. The Morgan fingerprint density at radius 1 is 1.76 bits per heavy atom. The average Bonchev–Trinajstić information content (AvgIpc) is 2.77. The second-order valence-electron chi connectivity index (χ2n) is 4.53. The van der Waals surface area contributed by atoms with Gasteiger partial charge in [-0.05, 0) is 5.53 Å². The van der Waals surface area contributed by atoms with Gasteiger partial charge in [0.1, 0.15) is 11.8 Å². The molecule has 2 heterocycles. The molecule has 21 heavy (non-hydrogen) atoms. The third-order valence-electron chi connectivity index (χ3n) is 3.25. The van der Waals surface area contributed by atoms with Crippen LogP contribution in [0, 0.1) is 0 Å². The third kappa shape index (κ3) is 2.59. The highest BCUT2D eigenvalue weighted by atomic mass is 19.1. The smallest absolute Gasteiger partial charge is 0.330 e. The van der Waals surface area contributed by atoms with Crippen LogP contribution in [-0.2, 0) is 4.74 Å². The molecule has 0 spiro atoms. The molecule has 0 amide bonds. The van der Waals surface area contributed by atoms with Gasteiger partial charge in [-0.3, -0.25) is 14.3 Å². The number of ether oxygens (including phenoxy) is 1. The van der Waals surface area contributed by atoms with Crippen LogP contribution in [-0.4, -0.2) is 33.0 Å². The zero-order valence-corrected chi connectivity index (χ0v) is 10.8. The van der Waals surface area contributed by atoms with E-state index in [9.17, 15) is 19.1 Å². The van der Waals surface area contributed by atoms with Gasteiger partial charge < -0.3 is 9.84 Å². The highest BCUT2D eigenvalue weighted by Crippen LogP contribution is 2.42. The first-order valence-corrected chi connectivity index (χ1v) is 5.92. The quantitative estimate of drug-likeness (QED) is 0.471. The monoisotopic (exact) mass is 297 g/mol. The molecule has 0 radical (unpaired) electrons. The Labute approximate surface area is 116 Å². The summed E-state index contributed by atoms with van der Waals surface area (Å²) in [6.07, 6.45) is -2.28. The van der Waals surface area contributed by atoms with Gasteiger partial charge in [0.25, 0.3) is 5.56 Å². The van der Waals surface area contributed by atoms with Crippen molar-refractivity contribution < 1.29 is 14.2 Å². The van der Waals surface area contributed by atoms with Gasteiger partial charge in [0, 0.05) is 29.3 Å². The minimum absolute atomic E-state index is 0.185. The predicted molar refractivity (Wildman–Crippen MR) is 69.1 cm³/mol. The Morgan fingerprint density at radius 3 is 3.05 bits per heavy atom. The van der Waals surface area contributed by atoms with Crippen LogP contribution in [0.25, 0.3) is 10.4 Å². The minimum Gasteiger partial charge on any atom is -0.393 e. The zero-order chi connectivity index (χ0) is 15.6. The second-order valence-corrected chi connectivity index (χ2v) is 4.53. The summed E-state index contributed by atoms with van der Waals surface area (Å²) in [5.41, 5.74) is 5.13. The topological polar surface area (TPSA) is 133 Å². The molecule has 2 N–H and O–H groups in total. The number of rotatable bonds is 4. The van der Waals surface area contributed by atoms with E-state index in [4.69, 9.17) is 10.3 Å². The fourth-order valence-corrected chi connectivity index (χ4v) is 2.15. The molecule has 1 aromatic heterocycles. The van der Waals surface area contributed by atoms with Crippen molar-refractivity contribution in [2.24, 2.45) is 5.11 Å². The van der Waals surface area contributed by atoms with Gasteiger partial charge in [0.05, 0.1) is 6.61 Å². The molecular formula is C11H12FN5O4. The Hall–Kier alpha value is -2.42. The maximum atomic E-state index is 14.2. The highest BCUT2D eigenvalue weighted by molar-refractivity contribution is 5.16. The maximum absolute atomic E-state index is 14.2. The number of hydrogen-bond acceptors (Lipinski definition) is 5. The Kier molecular flexibility index (Phi) is 3.94. The largest absolute Gasteiger partial charge is 0.393 e. The second kappa shape index (κ2) is 5.52. The Bertz CT molecular complexity index is 722. The number of aromatic amines is 1. The maximum Gasteiger partial charge on any atom is 0.330 e. The summed E-state index contributed by atoms with van der Waals surface area (Å²) in [7, 11) is 0. The molecular weight excluding hydrogens is 285 g/mol. The SMILES string of the molecule is C=C(N=[N+]=[N-])[C@@]1(CO)C[C@@H](F)[C@H](n2ccc(=O)[nH]c2=O)O1. The van der Waals surface area contributed by atoms with Crippen LogP contribution in [0.2, 0.25) is 0 Å². The molecule has 1 aliphatic rings. The molecule has 0 aliphatic carbocycles. The molecule has 9 nitrogen and oxygen atoms in total. The number of nitrogens with one attached hydrogen (secondary N) is 1. The van der Waals surface area contributed by atoms with Crippen molar-refractivity contribution in [1.82, 2.24) is 9.55 Å². The molecule has 0 unspecified atom stereocenters. The number of azide groups is 1. The lowest BCUT2D eigenvalue weighted by molar-refractivity contribution is -0.0857. The normalized spacial score (nSPS) is 28.1. The molecule has 1 aromatic rings. The number of nitrogens with zero attached hydrogens (tertiary/aromatic N) is 4. The highest BCUT2D eigenvalue weighted by Gasteiger charge is 2.49. The standard InChI is InChI=1S/C11H12FN5O4/c1-6(15-16-13)11(5-18)4-7(12)9(21-11)17-3-2-8(19)14-10(17)20/h2-3,7,9,18H,1,4-5H2,(H,14,19,20)/t7-,9-,11+/m1/s1. The summed E-state index contributed by atoms with van der Waals surface area (Å²) in [4.78, 5) is 27.2. The van der Waals surface area contributed by atoms with E-state index in [2.05, 4.69) is 16.6 Å². The van der Waals surface area contributed by atoms with Crippen molar-refractivity contribution in [1.29, 1.82) is 0 Å². The lowest BCUT2D eigenvalue weighted by Crippen LogP contribution is -2.37. The summed E-state index contributed by atoms with van der Waals surface area (Å²) < 4.78 is 20.4. The summed E-state index contributed by atoms with van der Waals surface area (Å²) in [6, 6.07) is 1.04. The molecule has 0 saturated carbocycles. The molecule has 1 fully saturated rings. The Morgan fingerprint density at radius 2 is 2.48 bits per heavy atom. The molecule has 112 valence electrons. The first-order chi connectivity index (χ1) is 9.93. The molecule has 1 saturated heterocycles. The molecule has 2 rings (SSSR count). The van der Waals surface area contributed by atoms with E-state index < -0.39 is 35.9 Å². The van der Waals surface area contributed by atoms with Crippen LogP contribution >= 0.6 is 0 Å². The van der Waals surface area contributed by atoms with E-state index in [0.717, 1.165) is 16.8 Å². The third-order valence-corrected chi connectivity index (χ3v) is 3.25. The number of hydrogen-bond donors (Lipinski definition) is 2. The lowest BCUT2D eigenvalue weighted by atomic mass is 9.97. The van der Waals surface area contributed by atoms with Gasteiger partial charge in [-0.1, -0.05) is 11.7 Å². The summed E-state index contributed by atoms with van der Waals surface area (Å²) >= 11 is 0. The zero-order valence-electron chi connectivity index (χ0n) is 10.8. The summed E-state index contributed by atoms with van der Waals surface area (Å²) in [6.45, 7) is 2.78. The fourth-order valence-electron chi connectivity index (χ4n) is 2.15. The molecule has 0 aromatic carbocycles. The number of aromatic nitrogens is 2. The van der Waals surface area contributed by atoms with E-state index in [1.807, 2.05) is 4.98 Å². The van der Waals surface area contributed by atoms with Crippen LogP contribution in [0.3, 0.4) is 0 Å². The van der Waals surface area contributed by atoms with Crippen molar-refractivity contribution in [3.8, 4) is 0 Å². The number of halogens is 1. The number of aliphatic hydroxyl groups is 1. The van der Waals surface area contributed by atoms with E-state index in [0.29, 0.717) is 0 Å². The number of aliphatic hydroxyl groups excluding tert-OH is 1. The van der Waals surface area contributed by atoms with Crippen molar-refractivity contribution in [2.45, 2.75) is 24.4 Å². The first kappa shape index (κ1) is 15.0. The number of H-pyrrole nitrogens is 1. The molecule has 0 bridgehead atoms. The van der Waals surface area contributed by atoms with Gasteiger partial charge in [-0.15, -0.1) is 0 Å².